The maximum absolute atomic E-state index is 12.5. The molecule has 2 heterocycles. The third kappa shape index (κ3) is 3.90. The first kappa shape index (κ1) is 17.2. The number of carbonyl (C=O) groups is 1. The molecule has 3 rings (SSSR count). The third-order valence-electron chi connectivity index (χ3n) is 4.04. The van der Waals surface area contributed by atoms with E-state index in [0.717, 1.165) is 12.1 Å². The number of fused-ring (bicyclic) bond motifs is 1. The van der Waals surface area contributed by atoms with Crippen molar-refractivity contribution < 1.29 is 13.2 Å². The second-order valence-corrected chi connectivity index (χ2v) is 7.72. The van der Waals surface area contributed by atoms with Crippen molar-refractivity contribution in [3.63, 3.8) is 0 Å². The number of rotatable bonds is 6. The smallest absolute Gasteiger partial charge is 0.263 e. The predicted molar refractivity (Wildman–Crippen MR) is 97.2 cm³/mol. The van der Waals surface area contributed by atoms with Crippen LogP contribution in [0.4, 0.5) is 17.2 Å². The number of benzene rings is 1. The molecule has 0 saturated heterocycles. The van der Waals surface area contributed by atoms with E-state index < -0.39 is 10.0 Å². The molecule has 1 unspecified atom stereocenters. The van der Waals surface area contributed by atoms with E-state index in [1.54, 1.807) is 24.4 Å². The van der Waals surface area contributed by atoms with Crippen molar-refractivity contribution in [2.24, 2.45) is 0 Å². The molecule has 7 nitrogen and oxygen atoms in total. The summed E-state index contributed by atoms with van der Waals surface area (Å²) in [7, 11) is -3.76. The minimum Gasteiger partial charge on any atom is -0.381 e. The van der Waals surface area contributed by atoms with Crippen LogP contribution in [0, 0.1) is 0 Å². The van der Waals surface area contributed by atoms with Crippen molar-refractivity contribution in [1.29, 1.82) is 0 Å². The Kier molecular flexibility index (Phi) is 4.63. The van der Waals surface area contributed by atoms with E-state index in [1.807, 2.05) is 0 Å². The summed E-state index contributed by atoms with van der Waals surface area (Å²) in [6.07, 6.45) is 2.76. The lowest BCUT2D eigenvalue weighted by molar-refractivity contribution is -0.115. The van der Waals surface area contributed by atoms with Crippen LogP contribution in [0.5, 0.6) is 0 Å². The Balaban J connectivity index is 1.76. The highest BCUT2D eigenvalue weighted by molar-refractivity contribution is 7.92. The lowest BCUT2D eigenvalue weighted by Crippen LogP contribution is -2.15. The number of sulfonamides is 1. The van der Waals surface area contributed by atoms with Gasteiger partial charge in [-0.3, -0.25) is 9.52 Å². The average molecular weight is 360 g/mol. The molecule has 2 aromatic rings. The van der Waals surface area contributed by atoms with E-state index in [9.17, 15) is 13.2 Å². The van der Waals surface area contributed by atoms with E-state index in [-0.39, 0.29) is 23.0 Å². The maximum atomic E-state index is 12.5. The van der Waals surface area contributed by atoms with Crippen LogP contribution in [-0.4, -0.2) is 25.4 Å². The van der Waals surface area contributed by atoms with Gasteiger partial charge in [0.05, 0.1) is 23.2 Å². The van der Waals surface area contributed by atoms with E-state index in [4.69, 9.17) is 0 Å². The van der Waals surface area contributed by atoms with Crippen LogP contribution in [0.3, 0.4) is 0 Å². The van der Waals surface area contributed by atoms with Crippen molar-refractivity contribution in [1.82, 2.24) is 4.98 Å². The predicted octanol–water partition coefficient (Wildman–Crippen LogP) is 2.59. The number of nitrogens with one attached hydrogen (secondary N) is 3. The molecule has 0 saturated carbocycles. The number of nitrogens with zero attached hydrogens (tertiary/aromatic N) is 1. The summed E-state index contributed by atoms with van der Waals surface area (Å²) in [5.41, 5.74) is 2.16. The SMILES string of the molecule is CCC(C)Nc1ccc(NS(=O)(=O)c2ccc3c(c2)CC(=O)N3)nc1. The first-order valence-corrected chi connectivity index (χ1v) is 9.54. The zero-order valence-corrected chi connectivity index (χ0v) is 14.9. The molecule has 1 aliphatic heterocycles. The summed E-state index contributed by atoms with van der Waals surface area (Å²) < 4.78 is 27.5. The molecule has 0 fully saturated rings. The molecule has 0 bridgehead atoms. The van der Waals surface area contributed by atoms with Gasteiger partial charge in [-0.1, -0.05) is 6.92 Å². The average Bonchev–Trinajstić information content (AvgIpc) is 2.95. The number of hydrogen-bond donors (Lipinski definition) is 3. The quantitative estimate of drug-likeness (QED) is 0.735. The molecular formula is C17H20N4O3S. The summed E-state index contributed by atoms with van der Waals surface area (Å²) in [5, 5.41) is 5.95. The summed E-state index contributed by atoms with van der Waals surface area (Å²) in [4.78, 5) is 15.6. The number of hydrogen-bond acceptors (Lipinski definition) is 5. The Bertz CT molecular complexity index is 895. The lowest BCUT2D eigenvalue weighted by atomic mass is 10.2. The monoisotopic (exact) mass is 360 g/mol. The van der Waals surface area contributed by atoms with Crippen LogP contribution in [0.1, 0.15) is 25.8 Å². The van der Waals surface area contributed by atoms with Gasteiger partial charge in [0.1, 0.15) is 5.82 Å². The normalized spacial score (nSPS) is 14.6. The number of carbonyl (C=O) groups excluding carboxylic acids is 1. The van der Waals surface area contributed by atoms with Crippen molar-refractivity contribution in [2.75, 3.05) is 15.4 Å². The lowest BCUT2D eigenvalue weighted by Gasteiger charge is -2.13. The second kappa shape index (κ2) is 6.72. The van der Waals surface area contributed by atoms with Crippen LogP contribution in [-0.2, 0) is 21.2 Å². The standard InChI is InChI=1S/C17H20N4O3S/c1-3-11(2)19-13-4-7-16(18-10-13)21-25(23,24)14-5-6-15-12(8-14)9-17(22)20-15/h4-8,10-11,19H,3,9H2,1-2H3,(H,18,21)(H,20,22). The Hall–Kier alpha value is -2.61. The van der Waals surface area contributed by atoms with Gasteiger partial charge in [0.25, 0.3) is 10.0 Å². The van der Waals surface area contributed by atoms with Gasteiger partial charge in [-0.25, -0.2) is 13.4 Å². The highest BCUT2D eigenvalue weighted by Crippen LogP contribution is 2.26. The topological polar surface area (TPSA) is 100 Å². The van der Waals surface area contributed by atoms with E-state index >= 15 is 0 Å². The number of aromatic nitrogens is 1. The van der Waals surface area contributed by atoms with Gasteiger partial charge in [-0.15, -0.1) is 0 Å². The van der Waals surface area contributed by atoms with E-state index in [0.29, 0.717) is 17.3 Å². The first-order chi connectivity index (χ1) is 11.9. The van der Waals surface area contributed by atoms with Gasteiger partial charge in [0.15, 0.2) is 0 Å². The first-order valence-electron chi connectivity index (χ1n) is 8.05. The number of pyridine rings is 1. The Morgan fingerprint density at radius 1 is 1.28 bits per heavy atom. The summed E-state index contributed by atoms with van der Waals surface area (Å²) >= 11 is 0. The fourth-order valence-electron chi connectivity index (χ4n) is 2.50. The minimum absolute atomic E-state index is 0.103. The Morgan fingerprint density at radius 2 is 2.08 bits per heavy atom. The van der Waals surface area contributed by atoms with Gasteiger partial charge in [0, 0.05) is 11.7 Å². The van der Waals surface area contributed by atoms with E-state index in [2.05, 4.69) is 34.2 Å². The molecule has 0 radical (unpaired) electrons. The maximum Gasteiger partial charge on any atom is 0.263 e. The van der Waals surface area contributed by atoms with Crippen LogP contribution in [0.25, 0.3) is 0 Å². The van der Waals surface area contributed by atoms with Crippen molar-refractivity contribution in [2.45, 2.75) is 37.6 Å². The zero-order valence-electron chi connectivity index (χ0n) is 14.0. The Morgan fingerprint density at radius 3 is 2.76 bits per heavy atom. The van der Waals surface area contributed by atoms with Crippen LogP contribution in [0.2, 0.25) is 0 Å². The molecule has 3 N–H and O–H groups in total. The molecule has 1 atom stereocenters. The molecule has 1 aromatic carbocycles. The summed E-state index contributed by atoms with van der Waals surface area (Å²) in [6, 6.07) is 8.27. The fourth-order valence-corrected chi connectivity index (χ4v) is 3.55. The molecule has 25 heavy (non-hydrogen) atoms. The van der Waals surface area contributed by atoms with Gasteiger partial charge in [-0.05, 0) is 49.2 Å². The Labute approximate surface area is 146 Å². The highest BCUT2D eigenvalue weighted by atomic mass is 32.2. The van der Waals surface area contributed by atoms with Gasteiger partial charge < -0.3 is 10.6 Å². The van der Waals surface area contributed by atoms with Crippen LogP contribution in [0.15, 0.2) is 41.4 Å². The van der Waals surface area contributed by atoms with Gasteiger partial charge >= 0.3 is 0 Å². The molecule has 8 heteroatoms. The van der Waals surface area contributed by atoms with Crippen molar-refractivity contribution >= 4 is 33.1 Å². The minimum atomic E-state index is -3.76. The highest BCUT2D eigenvalue weighted by Gasteiger charge is 2.22. The molecule has 0 spiro atoms. The third-order valence-corrected chi connectivity index (χ3v) is 5.39. The number of amides is 1. The van der Waals surface area contributed by atoms with Crippen LogP contribution >= 0.6 is 0 Å². The summed E-state index contributed by atoms with van der Waals surface area (Å²) in [6.45, 7) is 4.14. The number of anilines is 3. The van der Waals surface area contributed by atoms with E-state index in [1.165, 1.54) is 12.1 Å². The van der Waals surface area contributed by atoms with Crippen molar-refractivity contribution in [3.8, 4) is 0 Å². The fraction of sp³-hybridized carbons (Fsp3) is 0.294. The molecular weight excluding hydrogens is 340 g/mol. The van der Waals surface area contributed by atoms with Gasteiger partial charge in [0.2, 0.25) is 5.91 Å². The molecule has 1 aromatic heterocycles. The second-order valence-electron chi connectivity index (χ2n) is 6.04. The van der Waals surface area contributed by atoms with Crippen molar-refractivity contribution in [3.05, 3.63) is 42.1 Å². The molecule has 1 amide bonds. The molecule has 132 valence electrons. The zero-order chi connectivity index (χ0) is 18.0. The summed E-state index contributed by atoms with van der Waals surface area (Å²) in [5.74, 6) is 0.105. The largest absolute Gasteiger partial charge is 0.381 e. The molecule has 0 aliphatic carbocycles. The van der Waals surface area contributed by atoms with Gasteiger partial charge in [-0.2, -0.15) is 0 Å². The molecule has 1 aliphatic rings. The van der Waals surface area contributed by atoms with Crippen LogP contribution < -0.4 is 15.4 Å².